The number of fused-ring (bicyclic) bond motifs is 1. The molecule has 1 N–H and O–H groups in total. The maximum Gasteiger partial charge on any atom is 0.273 e. The summed E-state index contributed by atoms with van der Waals surface area (Å²) in [6.45, 7) is 1.50. The van der Waals surface area contributed by atoms with E-state index >= 15 is 0 Å². The number of hydrogen-bond donors (Lipinski definition) is 1. The van der Waals surface area contributed by atoms with Crippen molar-refractivity contribution in [1.82, 2.24) is 9.47 Å². The Balaban J connectivity index is 1.82. The molecule has 1 aliphatic rings. The van der Waals surface area contributed by atoms with Gasteiger partial charge in [-0.25, -0.2) is 0 Å². The first-order chi connectivity index (χ1) is 12.7. The minimum Gasteiger partial charge on any atom is -0.339 e. The van der Waals surface area contributed by atoms with Crippen molar-refractivity contribution in [1.29, 1.82) is 0 Å². The highest BCUT2D eigenvalue weighted by atomic mass is 16.2. The van der Waals surface area contributed by atoms with Crippen molar-refractivity contribution in [2.45, 2.75) is 12.8 Å². The van der Waals surface area contributed by atoms with E-state index in [0.29, 0.717) is 16.9 Å². The van der Waals surface area contributed by atoms with Gasteiger partial charge in [0.15, 0.2) is 0 Å². The molecule has 1 aromatic heterocycles. The van der Waals surface area contributed by atoms with Crippen molar-refractivity contribution in [3.05, 3.63) is 65.9 Å². The van der Waals surface area contributed by atoms with E-state index in [0.717, 1.165) is 36.8 Å². The number of carbonyl (C=O) groups excluding carboxylic acids is 2. The number of hydrogen-bond acceptors (Lipinski definition) is 2. The zero-order valence-electron chi connectivity index (χ0n) is 14.7. The quantitative estimate of drug-likeness (QED) is 0.786. The maximum absolute atomic E-state index is 13.2. The van der Waals surface area contributed by atoms with Crippen LogP contribution in [-0.2, 0) is 7.05 Å². The molecule has 0 radical (unpaired) electrons. The Labute approximate surface area is 152 Å². The van der Waals surface area contributed by atoms with Gasteiger partial charge in [0.25, 0.3) is 11.8 Å². The highest BCUT2D eigenvalue weighted by molar-refractivity contribution is 6.18. The fourth-order valence-electron chi connectivity index (χ4n) is 3.67. The van der Waals surface area contributed by atoms with E-state index in [1.54, 1.807) is 0 Å². The van der Waals surface area contributed by atoms with E-state index in [1.807, 2.05) is 71.1 Å². The molecule has 0 bridgehead atoms. The number of likely N-dealkylation sites (tertiary alicyclic amines) is 1. The summed E-state index contributed by atoms with van der Waals surface area (Å²) >= 11 is 0. The van der Waals surface area contributed by atoms with Crippen molar-refractivity contribution in [3.63, 3.8) is 0 Å². The van der Waals surface area contributed by atoms with Gasteiger partial charge in [-0.15, -0.1) is 0 Å². The number of nitrogens with zero attached hydrogens (tertiary/aromatic N) is 2. The van der Waals surface area contributed by atoms with E-state index in [4.69, 9.17) is 0 Å². The topological polar surface area (TPSA) is 54.3 Å². The number of rotatable bonds is 3. The molecule has 0 spiro atoms. The van der Waals surface area contributed by atoms with E-state index in [9.17, 15) is 9.59 Å². The summed E-state index contributed by atoms with van der Waals surface area (Å²) in [6, 6.07) is 17.0. The van der Waals surface area contributed by atoms with Crippen LogP contribution in [-0.4, -0.2) is 34.4 Å². The SMILES string of the molecule is Cn1c(C(=O)Nc2ccccc2)c(C(=O)N2CCCC2)c2ccccc21. The molecule has 1 aliphatic heterocycles. The summed E-state index contributed by atoms with van der Waals surface area (Å²) in [5, 5.41) is 3.74. The van der Waals surface area contributed by atoms with Gasteiger partial charge in [0.2, 0.25) is 0 Å². The van der Waals surface area contributed by atoms with Crippen LogP contribution in [0.2, 0.25) is 0 Å². The Morgan fingerprint density at radius 1 is 0.923 bits per heavy atom. The molecule has 2 heterocycles. The van der Waals surface area contributed by atoms with Crippen LogP contribution >= 0.6 is 0 Å². The third-order valence-electron chi connectivity index (χ3n) is 4.96. The second kappa shape index (κ2) is 6.67. The number of nitrogens with one attached hydrogen (secondary N) is 1. The number of carbonyl (C=O) groups is 2. The average molecular weight is 347 g/mol. The molecular formula is C21H21N3O2. The Kier molecular flexibility index (Phi) is 4.21. The fourth-order valence-corrected chi connectivity index (χ4v) is 3.67. The van der Waals surface area contributed by atoms with E-state index < -0.39 is 0 Å². The van der Waals surface area contributed by atoms with Gasteiger partial charge < -0.3 is 14.8 Å². The van der Waals surface area contributed by atoms with E-state index in [-0.39, 0.29) is 11.8 Å². The van der Waals surface area contributed by atoms with Gasteiger partial charge in [0.05, 0.1) is 5.56 Å². The summed E-state index contributed by atoms with van der Waals surface area (Å²) in [6.07, 6.45) is 2.03. The molecule has 4 rings (SSSR count). The van der Waals surface area contributed by atoms with Crippen LogP contribution in [0.15, 0.2) is 54.6 Å². The van der Waals surface area contributed by atoms with Crippen molar-refractivity contribution in [2.75, 3.05) is 18.4 Å². The molecule has 1 saturated heterocycles. The summed E-state index contributed by atoms with van der Waals surface area (Å²) < 4.78 is 1.82. The molecule has 2 amide bonds. The Morgan fingerprint density at radius 2 is 1.58 bits per heavy atom. The molecule has 2 aromatic carbocycles. The highest BCUT2D eigenvalue weighted by Gasteiger charge is 2.30. The molecule has 132 valence electrons. The molecule has 1 fully saturated rings. The van der Waals surface area contributed by atoms with Gasteiger partial charge in [0, 0.05) is 36.7 Å². The predicted octanol–water partition coefficient (Wildman–Crippen LogP) is 3.67. The van der Waals surface area contributed by atoms with Crippen molar-refractivity contribution < 1.29 is 9.59 Å². The number of benzene rings is 2. The molecular weight excluding hydrogens is 326 g/mol. The molecule has 0 unspecified atom stereocenters. The summed E-state index contributed by atoms with van der Waals surface area (Å²) in [5.41, 5.74) is 2.50. The lowest BCUT2D eigenvalue weighted by Gasteiger charge is -2.16. The number of aromatic nitrogens is 1. The first-order valence-electron chi connectivity index (χ1n) is 8.90. The normalized spacial score (nSPS) is 14.0. The minimum absolute atomic E-state index is 0.0579. The third kappa shape index (κ3) is 2.75. The standard InChI is InChI=1S/C21H21N3O2/c1-23-17-12-6-5-11-16(17)18(21(26)24-13-7-8-14-24)19(23)20(25)22-15-9-3-2-4-10-15/h2-6,9-12H,7-8,13-14H2,1H3,(H,22,25). The number of para-hydroxylation sites is 2. The monoisotopic (exact) mass is 347 g/mol. The second-order valence-electron chi connectivity index (χ2n) is 6.62. The Bertz CT molecular complexity index is 970. The van der Waals surface area contributed by atoms with Crippen molar-refractivity contribution in [3.8, 4) is 0 Å². The molecule has 5 heteroatoms. The lowest BCUT2D eigenvalue weighted by atomic mass is 10.1. The first-order valence-corrected chi connectivity index (χ1v) is 8.90. The largest absolute Gasteiger partial charge is 0.339 e. The average Bonchev–Trinajstić information content (AvgIpc) is 3.29. The molecule has 3 aromatic rings. The summed E-state index contributed by atoms with van der Waals surface area (Å²) in [7, 11) is 1.84. The van der Waals surface area contributed by atoms with Crippen molar-refractivity contribution >= 4 is 28.4 Å². The van der Waals surface area contributed by atoms with Gasteiger partial charge >= 0.3 is 0 Å². The number of aryl methyl sites for hydroxylation is 1. The summed E-state index contributed by atoms with van der Waals surface area (Å²) in [5.74, 6) is -0.324. The predicted molar refractivity (Wildman–Crippen MR) is 102 cm³/mol. The van der Waals surface area contributed by atoms with Gasteiger partial charge in [-0.3, -0.25) is 9.59 Å². The minimum atomic E-state index is -0.266. The van der Waals surface area contributed by atoms with Crippen molar-refractivity contribution in [2.24, 2.45) is 7.05 Å². The lowest BCUT2D eigenvalue weighted by Crippen LogP contribution is -2.30. The van der Waals surface area contributed by atoms with E-state index in [2.05, 4.69) is 5.32 Å². The smallest absolute Gasteiger partial charge is 0.273 e. The Morgan fingerprint density at radius 3 is 2.31 bits per heavy atom. The number of amides is 2. The highest BCUT2D eigenvalue weighted by Crippen LogP contribution is 2.28. The lowest BCUT2D eigenvalue weighted by molar-refractivity contribution is 0.0789. The zero-order valence-corrected chi connectivity index (χ0v) is 14.7. The Hall–Kier alpha value is -3.08. The molecule has 0 atom stereocenters. The van der Waals surface area contributed by atoms with E-state index in [1.165, 1.54) is 0 Å². The first kappa shape index (κ1) is 16.4. The van der Waals surface area contributed by atoms with Gasteiger partial charge in [-0.2, -0.15) is 0 Å². The van der Waals surface area contributed by atoms with Gasteiger partial charge in [-0.1, -0.05) is 36.4 Å². The zero-order chi connectivity index (χ0) is 18.1. The van der Waals surface area contributed by atoms with Gasteiger partial charge in [0.1, 0.15) is 5.69 Å². The number of anilines is 1. The maximum atomic E-state index is 13.2. The van der Waals surface area contributed by atoms with Crippen LogP contribution < -0.4 is 5.32 Å². The molecule has 5 nitrogen and oxygen atoms in total. The fraction of sp³-hybridized carbons (Fsp3) is 0.238. The third-order valence-corrected chi connectivity index (χ3v) is 4.96. The van der Waals surface area contributed by atoms with Crippen LogP contribution in [0, 0.1) is 0 Å². The molecule has 0 aliphatic carbocycles. The molecule has 0 saturated carbocycles. The second-order valence-corrected chi connectivity index (χ2v) is 6.62. The van der Waals surface area contributed by atoms with Crippen LogP contribution in [0.4, 0.5) is 5.69 Å². The summed E-state index contributed by atoms with van der Waals surface area (Å²) in [4.78, 5) is 28.1. The van der Waals surface area contributed by atoms with Crippen LogP contribution in [0.25, 0.3) is 10.9 Å². The molecule has 26 heavy (non-hydrogen) atoms. The van der Waals surface area contributed by atoms with Gasteiger partial charge in [-0.05, 0) is 31.0 Å². The van der Waals surface area contributed by atoms with Crippen LogP contribution in [0.3, 0.4) is 0 Å². The van der Waals surface area contributed by atoms with Crippen LogP contribution in [0.5, 0.6) is 0 Å². The van der Waals surface area contributed by atoms with Crippen LogP contribution in [0.1, 0.15) is 33.7 Å².